The van der Waals surface area contributed by atoms with Crippen molar-refractivity contribution in [3.05, 3.63) is 24.5 Å². The van der Waals surface area contributed by atoms with E-state index in [-0.39, 0.29) is 18.1 Å². The van der Waals surface area contributed by atoms with Gasteiger partial charge in [-0.1, -0.05) is 11.8 Å². The second-order valence-corrected chi connectivity index (χ2v) is 8.91. The molecule has 0 N–H and O–H groups in total. The predicted octanol–water partition coefficient (Wildman–Crippen LogP) is -0.712. The quantitative estimate of drug-likeness (QED) is 0.194. The molecule has 0 unspecified atom stereocenters. The van der Waals surface area contributed by atoms with E-state index in [1.54, 1.807) is 4.68 Å². The number of rotatable bonds is 15. The molecule has 170 valence electrons. The minimum atomic E-state index is -2.87. The Balaban J connectivity index is 1.42. The molecule has 0 bridgehead atoms. The number of carbonyl (C=O) groups is 1. The smallest absolute Gasteiger partial charge is 0.330 e. The number of esters is 1. The van der Waals surface area contributed by atoms with Gasteiger partial charge in [-0.05, 0) is 0 Å². The maximum Gasteiger partial charge on any atom is 0.330 e. The molecule has 2 heterocycles. The largest absolute Gasteiger partial charge is 0.460 e. The summed E-state index contributed by atoms with van der Waals surface area (Å²) in [6, 6.07) is 0. The predicted molar refractivity (Wildman–Crippen MR) is 108 cm³/mol. The van der Waals surface area contributed by atoms with Crippen LogP contribution in [0.1, 0.15) is 5.69 Å². The van der Waals surface area contributed by atoms with E-state index < -0.39 is 15.8 Å². The zero-order valence-corrected chi connectivity index (χ0v) is 17.9. The van der Waals surface area contributed by atoms with Crippen LogP contribution in [0.4, 0.5) is 0 Å². The maximum atomic E-state index is 11.5. The molecule has 0 radical (unpaired) electrons. The number of ether oxygens (including phenoxy) is 4. The summed E-state index contributed by atoms with van der Waals surface area (Å²) in [6.07, 6.45) is 2.96. The van der Waals surface area contributed by atoms with Crippen LogP contribution in [0.2, 0.25) is 0 Å². The van der Waals surface area contributed by atoms with E-state index in [9.17, 15) is 13.2 Å². The molecule has 30 heavy (non-hydrogen) atoms. The molecule has 1 aliphatic rings. The first-order chi connectivity index (χ1) is 14.5. The van der Waals surface area contributed by atoms with Gasteiger partial charge in [0.1, 0.15) is 6.61 Å². The molecule has 0 saturated carbocycles. The van der Waals surface area contributed by atoms with Crippen molar-refractivity contribution >= 4 is 15.8 Å². The summed E-state index contributed by atoms with van der Waals surface area (Å²) in [7, 11) is -2.87. The molecule has 1 aromatic rings. The first-order valence-corrected chi connectivity index (χ1v) is 11.6. The summed E-state index contributed by atoms with van der Waals surface area (Å²) in [5, 5.41) is 8.19. The van der Waals surface area contributed by atoms with Crippen molar-refractivity contribution in [3.8, 4) is 0 Å². The van der Waals surface area contributed by atoms with E-state index in [1.165, 1.54) is 0 Å². The first kappa shape index (κ1) is 24.4. The molecule has 0 aromatic carbocycles. The Morgan fingerprint density at radius 3 is 2.27 bits per heavy atom. The summed E-state index contributed by atoms with van der Waals surface area (Å²) < 4.78 is 45.5. The van der Waals surface area contributed by atoms with E-state index in [2.05, 4.69) is 21.8 Å². The molecule has 12 heteroatoms. The average molecular weight is 447 g/mol. The van der Waals surface area contributed by atoms with Gasteiger partial charge >= 0.3 is 5.97 Å². The van der Waals surface area contributed by atoms with Crippen LogP contribution in [-0.2, 0) is 46.7 Å². The van der Waals surface area contributed by atoms with Gasteiger partial charge in [0.15, 0.2) is 9.84 Å². The van der Waals surface area contributed by atoms with Crippen molar-refractivity contribution in [2.45, 2.75) is 13.1 Å². The summed E-state index contributed by atoms with van der Waals surface area (Å²) in [5.41, 5.74) is 0.817. The maximum absolute atomic E-state index is 11.5. The highest BCUT2D eigenvalue weighted by molar-refractivity contribution is 7.91. The fourth-order valence-corrected chi connectivity index (χ4v) is 3.89. The number of hydrogen-bond donors (Lipinski definition) is 0. The van der Waals surface area contributed by atoms with Crippen LogP contribution in [0, 0.1) is 0 Å². The molecule has 0 atom stereocenters. The Morgan fingerprint density at radius 1 is 1.03 bits per heavy atom. The number of sulfone groups is 1. The summed E-state index contributed by atoms with van der Waals surface area (Å²) in [5.74, 6) is -0.0587. The topological polar surface area (TPSA) is 122 Å². The molecule has 0 aliphatic carbocycles. The molecule has 1 aromatic heterocycles. The lowest BCUT2D eigenvalue weighted by Gasteiger charge is -2.25. The van der Waals surface area contributed by atoms with E-state index in [4.69, 9.17) is 18.9 Å². The fourth-order valence-electron chi connectivity index (χ4n) is 2.62. The third-order valence-corrected chi connectivity index (χ3v) is 5.87. The normalized spacial score (nSPS) is 16.4. The summed E-state index contributed by atoms with van der Waals surface area (Å²) >= 11 is 0. The van der Waals surface area contributed by atoms with Crippen LogP contribution in [0.25, 0.3) is 0 Å². The highest BCUT2D eigenvalue weighted by Crippen LogP contribution is 2.07. The van der Waals surface area contributed by atoms with Gasteiger partial charge in [0.25, 0.3) is 0 Å². The highest BCUT2D eigenvalue weighted by atomic mass is 32.2. The average Bonchev–Trinajstić information content (AvgIpc) is 3.17. The van der Waals surface area contributed by atoms with Crippen LogP contribution in [0.5, 0.6) is 0 Å². The van der Waals surface area contributed by atoms with Crippen molar-refractivity contribution in [2.24, 2.45) is 0 Å². The fraction of sp³-hybridized carbons (Fsp3) is 0.722. The standard InChI is InChI=1S/C18H30N4O7S/c1-2-18(23)29-12-11-28-10-9-27-8-7-26-6-3-22-16-17(19-20-22)15-21-4-13-30(24,25)14-5-21/h2,16H,1,3-15H2. The molecule has 1 saturated heterocycles. The minimum Gasteiger partial charge on any atom is -0.460 e. The van der Waals surface area contributed by atoms with Crippen molar-refractivity contribution in [1.82, 2.24) is 19.9 Å². The molecule has 0 spiro atoms. The van der Waals surface area contributed by atoms with E-state index in [1.807, 2.05) is 6.20 Å². The molecule has 0 amide bonds. The second kappa shape index (κ2) is 13.4. The number of carbonyl (C=O) groups excluding carboxylic acids is 1. The minimum absolute atomic E-state index is 0.192. The lowest BCUT2D eigenvalue weighted by molar-refractivity contribution is -0.139. The zero-order chi connectivity index (χ0) is 21.7. The van der Waals surface area contributed by atoms with Gasteiger partial charge in [0, 0.05) is 31.9 Å². The van der Waals surface area contributed by atoms with Gasteiger partial charge in [0.2, 0.25) is 0 Å². The Bertz CT molecular complexity index is 739. The Hall–Kier alpha value is -1.86. The lowest BCUT2D eigenvalue weighted by atomic mass is 10.4. The van der Waals surface area contributed by atoms with Gasteiger partial charge in [-0.2, -0.15) is 0 Å². The number of aromatic nitrogens is 3. The van der Waals surface area contributed by atoms with Gasteiger partial charge < -0.3 is 18.9 Å². The van der Waals surface area contributed by atoms with E-state index in [0.717, 1.165) is 11.8 Å². The van der Waals surface area contributed by atoms with Crippen molar-refractivity contribution < 1.29 is 32.2 Å². The van der Waals surface area contributed by atoms with Crippen LogP contribution in [0.3, 0.4) is 0 Å². The lowest BCUT2D eigenvalue weighted by Crippen LogP contribution is -2.39. The Labute approximate surface area is 176 Å². The van der Waals surface area contributed by atoms with Crippen molar-refractivity contribution in [1.29, 1.82) is 0 Å². The van der Waals surface area contributed by atoms with Gasteiger partial charge in [-0.25, -0.2) is 17.9 Å². The van der Waals surface area contributed by atoms with E-state index >= 15 is 0 Å². The van der Waals surface area contributed by atoms with Crippen molar-refractivity contribution in [3.63, 3.8) is 0 Å². The van der Waals surface area contributed by atoms with Crippen LogP contribution in [-0.4, -0.2) is 105 Å². The van der Waals surface area contributed by atoms with Crippen LogP contribution < -0.4 is 0 Å². The molecular weight excluding hydrogens is 416 g/mol. The molecular formula is C18H30N4O7S. The summed E-state index contributed by atoms with van der Waals surface area (Å²) in [6.45, 7) is 8.30. The third-order valence-electron chi connectivity index (χ3n) is 4.26. The van der Waals surface area contributed by atoms with Gasteiger partial charge in [0.05, 0.1) is 63.4 Å². The first-order valence-electron chi connectivity index (χ1n) is 9.83. The van der Waals surface area contributed by atoms with E-state index in [0.29, 0.717) is 65.8 Å². The highest BCUT2D eigenvalue weighted by Gasteiger charge is 2.22. The molecule has 1 fully saturated rings. The number of hydrogen-bond acceptors (Lipinski definition) is 10. The van der Waals surface area contributed by atoms with Crippen molar-refractivity contribution in [2.75, 3.05) is 70.8 Å². The SMILES string of the molecule is C=CC(=O)OCCOCCOCCOCCn1cc(CN2CCS(=O)(=O)CC2)nn1. The number of nitrogens with zero attached hydrogens (tertiary/aromatic N) is 4. The summed E-state index contributed by atoms with van der Waals surface area (Å²) in [4.78, 5) is 12.9. The third kappa shape index (κ3) is 10.3. The van der Waals surface area contributed by atoms with Crippen LogP contribution >= 0.6 is 0 Å². The molecule has 11 nitrogen and oxygen atoms in total. The second-order valence-electron chi connectivity index (χ2n) is 6.61. The van der Waals surface area contributed by atoms with Gasteiger partial charge in [-0.15, -0.1) is 5.10 Å². The zero-order valence-electron chi connectivity index (χ0n) is 17.1. The Morgan fingerprint density at radius 2 is 1.63 bits per heavy atom. The molecule has 1 aliphatic heterocycles. The molecule has 2 rings (SSSR count). The van der Waals surface area contributed by atoms with Gasteiger partial charge in [-0.3, -0.25) is 4.90 Å². The Kier molecular flexibility index (Phi) is 10.9. The van der Waals surface area contributed by atoms with Crippen LogP contribution in [0.15, 0.2) is 18.9 Å². The monoisotopic (exact) mass is 446 g/mol.